The summed E-state index contributed by atoms with van der Waals surface area (Å²) in [6, 6.07) is 4.77. The molecule has 0 amide bonds. The molecular weight excluding hydrogens is 745 g/mol. The first-order valence-corrected chi connectivity index (χ1v) is 46.3. The van der Waals surface area contributed by atoms with Gasteiger partial charge in [0.15, 0.2) is 0 Å². The Labute approximate surface area is 276 Å². The highest BCUT2D eigenvalue weighted by Gasteiger charge is 2.61. The summed E-state index contributed by atoms with van der Waals surface area (Å²) in [5, 5.41) is 3.22. The molecule has 1 radical (unpaired) electrons. The minimum Gasteiger partial charge on any atom is -0.106 e. The Balaban J connectivity index is 4.89. The van der Waals surface area contributed by atoms with Crippen molar-refractivity contribution in [1.82, 2.24) is 0 Å². The van der Waals surface area contributed by atoms with Gasteiger partial charge in [-0.3, -0.25) is 0 Å². The van der Waals surface area contributed by atoms with Crippen molar-refractivity contribution in [2.45, 2.75) is 152 Å². The van der Waals surface area contributed by atoms with Gasteiger partial charge in [-0.25, -0.2) is 0 Å². The zero-order valence-corrected chi connectivity index (χ0v) is 41.7. The maximum atomic E-state index is 4.29. The van der Waals surface area contributed by atoms with E-state index >= 15 is 0 Å². The summed E-state index contributed by atoms with van der Waals surface area (Å²) in [4.78, 5) is 0. The number of hydrogen-bond donors (Lipinski definition) is 0. The highest BCUT2D eigenvalue weighted by molar-refractivity contribution is 9.49. The molecule has 40 heavy (non-hydrogen) atoms. The van der Waals surface area contributed by atoms with Gasteiger partial charge in [-0.05, 0) is 36.5 Å². The summed E-state index contributed by atoms with van der Waals surface area (Å²) in [7, 11) is -11.0. The molecule has 0 fully saturated rings. The molecule has 0 heterocycles. The maximum Gasteiger partial charge on any atom is 0.249 e. The van der Waals surface area contributed by atoms with Crippen molar-refractivity contribution in [3.05, 3.63) is 28.8 Å². The molecule has 0 saturated carbocycles. The van der Waals surface area contributed by atoms with E-state index in [0.29, 0.717) is 4.28 Å². The Morgan fingerprint density at radius 1 is 0.475 bits per heavy atom. The van der Waals surface area contributed by atoms with E-state index in [9.17, 15) is 0 Å². The first-order chi connectivity index (χ1) is 17.1. The molecule has 0 aliphatic rings. The van der Waals surface area contributed by atoms with E-state index in [1.54, 1.807) is 21.9 Å². The van der Waals surface area contributed by atoms with Crippen molar-refractivity contribution in [1.29, 1.82) is 0 Å². The monoisotopic (exact) mass is 809 g/mol. The summed E-state index contributed by atoms with van der Waals surface area (Å²) in [5.41, 5.74) is 5.37. The summed E-state index contributed by atoms with van der Waals surface area (Å²) >= 11 is 8.58. The van der Waals surface area contributed by atoms with Crippen LogP contribution in [-0.2, 0) is 4.28 Å². The van der Waals surface area contributed by atoms with Gasteiger partial charge in [-0.2, -0.15) is 0 Å². The van der Waals surface area contributed by atoms with Crippen molar-refractivity contribution in [2.24, 2.45) is 0 Å². The molecule has 0 aromatic heterocycles. The smallest absolute Gasteiger partial charge is 0.106 e. The fraction of sp³-hybridized carbons (Fsp3) is 0.800. The van der Waals surface area contributed by atoms with Crippen LogP contribution in [0.2, 0.25) is 137 Å². The van der Waals surface area contributed by atoms with Crippen LogP contribution in [-0.4, -0.2) is 62.6 Å². The van der Waals surface area contributed by atoms with Crippen molar-refractivity contribution in [3.8, 4) is 0 Å². The highest BCUT2D eigenvalue weighted by Crippen LogP contribution is 2.51. The third-order valence-corrected chi connectivity index (χ3v) is 52.3. The van der Waals surface area contributed by atoms with Crippen LogP contribution in [0.25, 0.3) is 0 Å². The van der Waals surface area contributed by atoms with Gasteiger partial charge < -0.3 is 0 Å². The fourth-order valence-corrected chi connectivity index (χ4v) is 70.4. The van der Waals surface area contributed by atoms with Crippen molar-refractivity contribution < 1.29 is 0 Å². The van der Waals surface area contributed by atoms with Gasteiger partial charge in [-0.15, -0.1) is 30.6 Å². The topological polar surface area (TPSA) is 0 Å². The largest absolute Gasteiger partial charge is 0.249 e. The number of rotatable bonds is 11. The molecule has 1 rings (SSSR count). The lowest BCUT2D eigenvalue weighted by atomic mass is 10.1. The van der Waals surface area contributed by atoms with Gasteiger partial charge in [0.05, 0.1) is 0 Å². The van der Waals surface area contributed by atoms with Gasteiger partial charge in [0.25, 0.3) is 0 Å². The molecule has 0 aliphatic carbocycles. The van der Waals surface area contributed by atoms with Crippen LogP contribution in [0.3, 0.4) is 0 Å². The Morgan fingerprint density at radius 2 is 0.700 bits per heavy atom. The van der Waals surface area contributed by atoms with Gasteiger partial charge in [0.1, 0.15) is 0 Å². The average molecular weight is 812 g/mol. The van der Waals surface area contributed by atoms with Crippen LogP contribution in [0, 0.1) is 0 Å². The Hall–Kier alpha value is 1.92. The molecule has 0 atom stereocenters. The predicted molar refractivity (Wildman–Crippen MR) is 220 cm³/mol. The second-order valence-corrected chi connectivity index (χ2v) is 68.7. The second-order valence-electron chi connectivity index (χ2n) is 20.1. The molecule has 0 N–H and O–H groups in total. The minimum atomic E-state index is -1.64. The van der Waals surface area contributed by atoms with E-state index in [4.69, 9.17) is 0 Å². The zero-order valence-electron chi connectivity index (χ0n) is 30.6. The third kappa shape index (κ3) is 8.00. The first-order valence-electron chi connectivity index (χ1n) is 15.5. The van der Waals surface area contributed by atoms with Crippen LogP contribution in [0.1, 0.15) is 27.0 Å². The second kappa shape index (κ2) is 12.3. The van der Waals surface area contributed by atoms with Crippen LogP contribution in [0.5, 0.6) is 0 Å². The summed E-state index contributed by atoms with van der Waals surface area (Å²) in [6.45, 7) is 56.5. The lowest BCUT2D eigenvalue weighted by Crippen LogP contribution is -2.74. The Morgan fingerprint density at radius 3 is 0.850 bits per heavy atom. The molecule has 0 nitrogen and oxygen atoms in total. The predicted octanol–water partition coefficient (Wildman–Crippen LogP) is 11.7. The normalized spacial score (nSPS) is 15.6. The van der Waals surface area contributed by atoms with E-state index in [1.807, 2.05) is 0 Å². The van der Waals surface area contributed by atoms with E-state index < -0.39 is 62.6 Å². The molecule has 233 valence electrons. The van der Waals surface area contributed by atoms with E-state index in [-0.39, 0.29) is 0 Å². The SMILES string of the molecule is C[Si](C)(C)C(c1cc(C([Si](C)(C)C)([Si](C)(C)C)[Si](C)(C)C)cc(C([Si](C)(C)C)[Si](C)(C)C)c1[Si](Br)Br)[Si](C)(C)C. The van der Waals surface area contributed by atoms with Crippen molar-refractivity contribution >= 4 is 98.3 Å². The minimum absolute atomic E-state index is 0.396. The third-order valence-electron chi connectivity index (χ3n) is 9.28. The molecule has 1 aromatic rings. The number of halogens is 2. The fourth-order valence-electron chi connectivity index (χ4n) is 10.7. The van der Waals surface area contributed by atoms with E-state index in [2.05, 4.69) is 180 Å². The van der Waals surface area contributed by atoms with Crippen molar-refractivity contribution in [3.63, 3.8) is 0 Å². The highest BCUT2D eigenvalue weighted by atomic mass is 79.9. The lowest BCUT2D eigenvalue weighted by Gasteiger charge is -2.60. The average Bonchev–Trinajstić information content (AvgIpc) is 2.51. The van der Waals surface area contributed by atoms with Crippen LogP contribution >= 0.6 is 30.6 Å². The summed E-state index contributed by atoms with van der Waals surface area (Å²) < 4.78 is 0.396. The maximum absolute atomic E-state index is 4.29. The van der Waals surface area contributed by atoms with E-state index in [1.165, 1.54) is 0 Å². The first kappa shape index (κ1) is 39.9. The standard InChI is InChI=1S/C30H67Br2Si8/c1-34(2,3)28(35(4,5)6)25-22-24(30(38(13,14)15,39(16,17)18)40(19,20)21)23-26(27(25)33(31)32)29(36(7,8)9)37(10,11)12/h22-23,28-29H,1-21H3. The molecule has 10 heteroatoms. The summed E-state index contributed by atoms with van der Waals surface area (Å²) in [5.74, 6) is 0. The number of hydrogen-bond acceptors (Lipinski definition) is 0. The Bertz CT molecular complexity index is 918. The summed E-state index contributed by atoms with van der Waals surface area (Å²) in [6.07, 6.45) is 0. The molecule has 0 bridgehead atoms. The molecule has 0 unspecified atom stereocenters. The molecule has 0 spiro atoms. The molecule has 1 aromatic carbocycles. The van der Waals surface area contributed by atoms with Gasteiger partial charge >= 0.3 is 0 Å². The molecular formula is C30H67Br2Si8. The molecule has 0 aliphatic heterocycles. The zero-order chi connectivity index (χ0) is 32.5. The van der Waals surface area contributed by atoms with Crippen LogP contribution < -0.4 is 5.19 Å². The van der Waals surface area contributed by atoms with Crippen LogP contribution in [0.15, 0.2) is 12.1 Å². The Kier molecular flexibility index (Phi) is 12.2. The number of benzene rings is 1. The van der Waals surface area contributed by atoms with Gasteiger partial charge in [0.2, 0.25) is 6.04 Å². The van der Waals surface area contributed by atoms with Crippen LogP contribution in [0.4, 0.5) is 0 Å². The van der Waals surface area contributed by atoms with E-state index in [0.717, 1.165) is 10.3 Å². The quantitative estimate of drug-likeness (QED) is 0.154. The molecule has 0 saturated heterocycles. The van der Waals surface area contributed by atoms with Crippen molar-refractivity contribution in [2.75, 3.05) is 0 Å². The van der Waals surface area contributed by atoms with Gasteiger partial charge in [0, 0.05) is 56.5 Å². The van der Waals surface area contributed by atoms with Gasteiger partial charge in [-0.1, -0.05) is 150 Å². The lowest BCUT2D eigenvalue weighted by molar-refractivity contribution is 0.996.